The van der Waals surface area contributed by atoms with Gasteiger partial charge in [-0.05, 0) is 45.0 Å². The third kappa shape index (κ3) is 3.11. The van der Waals surface area contributed by atoms with Gasteiger partial charge in [-0.3, -0.25) is 9.59 Å². The number of para-hydroxylation sites is 1. The van der Waals surface area contributed by atoms with Gasteiger partial charge in [0, 0.05) is 23.7 Å². The van der Waals surface area contributed by atoms with Gasteiger partial charge in [-0.1, -0.05) is 18.2 Å². The number of rotatable bonds is 3. The minimum atomic E-state index is -0.618. The first-order chi connectivity index (χ1) is 13.4. The lowest BCUT2D eigenvalue weighted by Crippen LogP contribution is -2.42. The van der Waals surface area contributed by atoms with Crippen LogP contribution in [0.4, 0.5) is 11.4 Å². The molecule has 6 heteroatoms. The van der Waals surface area contributed by atoms with Crippen molar-refractivity contribution < 1.29 is 18.7 Å². The molecule has 6 nitrogen and oxygen atoms in total. The highest BCUT2D eigenvalue weighted by molar-refractivity contribution is 6.05. The summed E-state index contributed by atoms with van der Waals surface area (Å²) in [6.07, 6.45) is 0. The smallest absolute Gasteiger partial charge is 0.291 e. The molecule has 28 heavy (non-hydrogen) atoms. The van der Waals surface area contributed by atoms with Crippen molar-refractivity contribution in [3.63, 3.8) is 0 Å². The van der Waals surface area contributed by atoms with Gasteiger partial charge in [0.15, 0.2) is 5.76 Å². The van der Waals surface area contributed by atoms with E-state index in [1.165, 1.54) is 0 Å². The van der Waals surface area contributed by atoms with E-state index in [2.05, 4.69) is 5.32 Å². The summed E-state index contributed by atoms with van der Waals surface area (Å²) in [5.41, 5.74) is 1.33. The first kappa shape index (κ1) is 18.1. The van der Waals surface area contributed by atoms with Gasteiger partial charge < -0.3 is 19.4 Å². The number of furan rings is 1. The van der Waals surface area contributed by atoms with Crippen LogP contribution in [0.5, 0.6) is 5.75 Å². The summed E-state index contributed by atoms with van der Waals surface area (Å²) in [6.45, 7) is 6.49. The van der Waals surface area contributed by atoms with Crippen LogP contribution in [0.25, 0.3) is 11.0 Å². The number of fused-ring (bicyclic) bond motifs is 2. The molecule has 1 N–H and O–H groups in total. The number of hydrogen-bond acceptors (Lipinski definition) is 4. The number of anilines is 2. The molecule has 0 fully saturated rings. The van der Waals surface area contributed by atoms with Gasteiger partial charge in [-0.15, -0.1) is 0 Å². The molecule has 0 bridgehead atoms. The summed E-state index contributed by atoms with van der Waals surface area (Å²) in [7, 11) is 0. The van der Waals surface area contributed by atoms with E-state index in [0.717, 1.165) is 5.39 Å². The van der Waals surface area contributed by atoms with Crippen LogP contribution in [0.3, 0.4) is 0 Å². The fourth-order valence-corrected chi connectivity index (χ4v) is 3.33. The Morgan fingerprint density at radius 1 is 1.18 bits per heavy atom. The predicted octanol–water partition coefficient (Wildman–Crippen LogP) is 4.46. The van der Waals surface area contributed by atoms with Crippen molar-refractivity contribution >= 4 is 34.2 Å². The molecular weight excluding hydrogens is 356 g/mol. The van der Waals surface area contributed by atoms with Crippen LogP contribution in [0.15, 0.2) is 52.9 Å². The molecule has 3 aromatic rings. The van der Waals surface area contributed by atoms with Crippen molar-refractivity contribution in [3.8, 4) is 5.75 Å². The molecule has 0 saturated heterocycles. The summed E-state index contributed by atoms with van der Waals surface area (Å²) in [5.74, 6) is 0.494. The zero-order valence-electron chi connectivity index (χ0n) is 16.1. The minimum absolute atomic E-state index is 0.0211. The third-order valence-electron chi connectivity index (χ3n) is 4.89. The number of nitrogens with one attached hydrogen (secondary N) is 1. The van der Waals surface area contributed by atoms with Gasteiger partial charge in [-0.25, -0.2) is 0 Å². The van der Waals surface area contributed by atoms with Crippen molar-refractivity contribution in [1.29, 1.82) is 0 Å². The second-order valence-corrected chi connectivity index (χ2v) is 7.51. The van der Waals surface area contributed by atoms with E-state index in [1.54, 1.807) is 29.2 Å². The molecule has 2 aromatic carbocycles. The fourth-order valence-electron chi connectivity index (χ4n) is 3.33. The molecule has 0 unspecified atom stereocenters. The van der Waals surface area contributed by atoms with E-state index in [-0.39, 0.29) is 24.2 Å². The highest BCUT2D eigenvalue weighted by Gasteiger charge is 2.37. The van der Waals surface area contributed by atoms with Crippen LogP contribution in [0.2, 0.25) is 0 Å². The number of carbonyl (C=O) groups excluding carboxylic acids is 2. The Balaban J connectivity index is 1.61. The average Bonchev–Trinajstić information content (AvgIpc) is 3.09. The largest absolute Gasteiger partial charge is 0.490 e. The summed E-state index contributed by atoms with van der Waals surface area (Å²) < 4.78 is 11.5. The topological polar surface area (TPSA) is 71.8 Å². The highest BCUT2D eigenvalue weighted by Crippen LogP contribution is 2.38. The van der Waals surface area contributed by atoms with Crippen LogP contribution in [-0.4, -0.2) is 25.0 Å². The molecule has 1 aliphatic rings. The van der Waals surface area contributed by atoms with Crippen molar-refractivity contribution in [1.82, 2.24) is 0 Å². The summed E-state index contributed by atoms with van der Waals surface area (Å²) in [5, 5.41) is 3.71. The lowest BCUT2D eigenvalue weighted by atomic mass is 9.93. The average molecular weight is 378 g/mol. The zero-order chi connectivity index (χ0) is 19.9. The number of benzene rings is 2. The van der Waals surface area contributed by atoms with Crippen molar-refractivity contribution in [3.05, 3.63) is 54.3 Å². The Hall–Kier alpha value is -3.28. The SMILES string of the molecule is CCN1C(=O)C(C)(C)COc2cc(NC(=O)c3cc4ccccc4o3)ccc21. The van der Waals surface area contributed by atoms with Gasteiger partial charge in [-0.2, -0.15) is 0 Å². The molecule has 0 saturated carbocycles. The lowest BCUT2D eigenvalue weighted by molar-refractivity contribution is -0.127. The summed E-state index contributed by atoms with van der Waals surface area (Å²) in [6, 6.07) is 14.5. The van der Waals surface area contributed by atoms with E-state index >= 15 is 0 Å². The van der Waals surface area contributed by atoms with Gasteiger partial charge in [0.1, 0.15) is 17.9 Å². The first-order valence-corrected chi connectivity index (χ1v) is 9.28. The Kier molecular flexibility index (Phi) is 4.34. The maximum absolute atomic E-state index is 12.8. The number of nitrogens with zero attached hydrogens (tertiary/aromatic N) is 1. The molecule has 144 valence electrons. The molecule has 1 aliphatic heterocycles. The monoisotopic (exact) mass is 378 g/mol. The van der Waals surface area contributed by atoms with Crippen LogP contribution in [-0.2, 0) is 4.79 Å². The molecule has 4 rings (SSSR count). The lowest BCUT2D eigenvalue weighted by Gasteiger charge is -2.26. The molecule has 2 amide bonds. The molecular formula is C22H22N2O4. The van der Waals surface area contributed by atoms with E-state index in [0.29, 0.717) is 29.3 Å². The number of ether oxygens (including phenoxy) is 1. The van der Waals surface area contributed by atoms with Crippen LogP contribution in [0, 0.1) is 5.41 Å². The number of amides is 2. The Bertz CT molecular complexity index is 1030. The van der Waals surface area contributed by atoms with Gasteiger partial charge >= 0.3 is 0 Å². The number of carbonyl (C=O) groups is 2. The van der Waals surface area contributed by atoms with E-state index in [4.69, 9.17) is 9.15 Å². The molecule has 1 aromatic heterocycles. The Morgan fingerprint density at radius 3 is 2.71 bits per heavy atom. The minimum Gasteiger partial charge on any atom is -0.490 e. The third-order valence-corrected chi connectivity index (χ3v) is 4.89. The molecule has 0 aliphatic carbocycles. The predicted molar refractivity (Wildman–Crippen MR) is 108 cm³/mol. The quantitative estimate of drug-likeness (QED) is 0.731. The van der Waals surface area contributed by atoms with E-state index in [9.17, 15) is 9.59 Å². The van der Waals surface area contributed by atoms with Crippen molar-refractivity contribution in [2.75, 3.05) is 23.4 Å². The normalized spacial score (nSPS) is 15.7. The maximum Gasteiger partial charge on any atom is 0.291 e. The Morgan fingerprint density at radius 2 is 1.96 bits per heavy atom. The van der Waals surface area contributed by atoms with E-state index < -0.39 is 5.41 Å². The molecule has 0 radical (unpaired) electrons. The standard InChI is InChI=1S/C22H22N2O4/c1-4-24-16-10-9-15(12-18(16)27-13-22(2,3)21(24)26)23-20(25)19-11-14-7-5-6-8-17(14)28-19/h5-12H,4,13H2,1-3H3,(H,23,25). The highest BCUT2D eigenvalue weighted by atomic mass is 16.5. The van der Waals surface area contributed by atoms with E-state index in [1.807, 2.05) is 45.0 Å². The Labute approximate surface area is 163 Å². The zero-order valence-corrected chi connectivity index (χ0v) is 16.1. The van der Waals surface area contributed by atoms with Gasteiger partial charge in [0.25, 0.3) is 5.91 Å². The van der Waals surface area contributed by atoms with Crippen LogP contribution < -0.4 is 15.0 Å². The second-order valence-electron chi connectivity index (χ2n) is 7.51. The maximum atomic E-state index is 12.8. The summed E-state index contributed by atoms with van der Waals surface area (Å²) >= 11 is 0. The summed E-state index contributed by atoms with van der Waals surface area (Å²) in [4.78, 5) is 27.1. The first-order valence-electron chi connectivity index (χ1n) is 9.28. The van der Waals surface area contributed by atoms with Crippen LogP contribution >= 0.6 is 0 Å². The van der Waals surface area contributed by atoms with Crippen molar-refractivity contribution in [2.24, 2.45) is 5.41 Å². The van der Waals surface area contributed by atoms with Crippen molar-refractivity contribution in [2.45, 2.75) is 20.8 Å². The van der Waals surface area contributed by atoms with Gasteiger partial charge in [0.2, 0.25) is 5.91 Å². The molecule has 0 atom stereocenters. The van der Waals surface area contributed by atoms with Crippen LogP contribution in [0.1, 0.15) is 31.3 Å². The fraction of sp³-hybridized carbons (Fsp3) is 0.273. The molecule has 0 spiro atoms. The number of hydrogen-bond donors (Lipinski definition) is 1. The van der Waals surface area contributed by atoms with Gasteiger partial charge in [0.05, 0.1) is 11.1 Å². The molecule has 2 heterocycles. The second kappa shape index (κ2) is 6.71.